The standard InChI is InChI=1S/C29H26N2O5/c1-5-30-23-15-25-22(13-18(23)4)28(21-12-16(2)17(3)14-24(21)35-25)19-8-6-7-9-20(19)29(34)36-31-26(32)10-11-27(31)33/h6-9,12-15H,5,10-11H2,1-4H3. The van der Waals surface area contributed by atoms with Crippen LogP contribution in [0.4, 0.5) is 0 Å². The minimum atomic E-state index is -0.769. The maximum Gasteiger partial charge on any atom is 0.364 e. The van der Waals surface area contributed by atoms with Gasteiger partial charge < -0.3 is 9.25 Å². The lowest BCUT2D eigenvalue weighted by atomic mass is 9.89. The Morgan fingerprint density at radius 2 is 1.64 bits per heavy atom. The topological polar surface area (TPSA) is 89.2 Å². The first-order chi connectivity index (χ1) is 17.3. The van der Waals surface area contributed by atoms with Crippen molar-refractivity contribution in [3.63, 3.8) is 0 Å². The van der Waals surface area contributed by atoms with Gasteiger partial charge in [-0.3, -0.25) is 14.6 Å². The predicted molar refractivity (Wildman–Crippen MR) is 135 cm³/mol. The summed E-state index contributed by atoms with van der Waals surface area (Å²) in [5.74, 6) is -1.16. The Kier molecular flexibility index (Phi) is 5.92. The molecule has 2 amide bonds. The third kappa shape index (κ3) is 3.96. The second-order valence-corrected chi connectivity index (χ2v) is 9.03. The van der Waals surface area contributed by atoms with Crippen LogP contribution in [0.2, 0.25) is 0 Å². The van der Waals surface area contributed by atoms with E-state index >= 15 is 0 Å². The molecule has 0 aromatic heterocycles. The molecule has 2 aromatic rings. The minimum absolute atomic E-state index is 0.0340. The normalized spacial score (nSPS) is 14.3. The lowest BCUT2D eigenvalue weighted by Crippen LogP contribution is -2.32. The molecule has 2 heterocycles. The van der Waals surface area contributed by atoms with E-state index in [1.54, 1.807) is 12.1 Å². The Hall–Kier alpha value is -4.26. The smallest absolute Gasteiger partial charge is 0.364 e. The molecule has 7 heteroatoms. The summed E-state index contributed by atoms with van der Waals surface area (Å²) < 4.78 is 6.35. The highest BCUT2D eigenvalue weighted by Gasteiger charge is 2.34. The first kappa shape index (κ1) is 23.5. The van der Waals surface area contributed by atoms with Crippen LogP contribution in [0.1, 0.15) is 46.8 Å². The maximum absolute atomic E-state index is 13.3. The molecule has 182 valence electrons. The van der Waals surface area contributed by atoms with Crippen LogP contribution in [0.3, 0.4) is 0 Å². The number of carbonyl (C=O) groups excluding carboxylic acids is 3. The zero-order valence-corrected chi connectivity index (χ0v) is 20.7. The fourth-order valence-electron chi connectivity index (χ4n) is 4.59. The molecule has 0 bridgehead atoms. The van der Waals surface area contributed by atoms with Crippen molar-refractivity contribution >= 4 is 28.8 Å². The monoisotopic (exact) mass is 482 g/mol. The van der Waals surface area contributed by atoms with Gasteiger partial charge in [0.2, 0.25) is 0 Å². The molecule has 1 aliphatic carbocycles. The van der Waals surface area contributed by atoms with E-state index in [9.17, 15) is 14.4 Å². The number of amides is 2. The zero-order chi connectivity index (χ0) is 25.6. The molecule has 3 aliphatic rings. The maximum atomic E-state index is 13.3. The number of imide groups is 1. The molecular weight excluding hydrogens is 456 g/mol. The van der Waals surface area contributed by atoms with Crippen LogP contribution in [0.5, 0.6) is 0 Å². The van der Waals surface area contributed by atoms with Gasteiger partial charge in [-0.25, -0.2) is 4.79 Å². The molecule has 0 N–H and O–H groups in total. The molecule has 7 nitrogen and oxygen atoms in total. The predicted octanol–water partition coefficient (Wildman–Crippen LogP) is 5.27. The molecule has 0 radical (unpaired) electrons. The molecule has 2 aromatic carbocycles. The van der Waals surface area contributed by atoms with Crippen molar-refractivity contribution in [2.24, 2.45) is 4.99 Å². The first-order valence-electron chi connectivity index (χ1n) is 11.9. The molecule has 5 rings (SSSR count). The van der Waals surface area contributed by atoms with Gasteiger partial charge in [0.15, 0.2) is 0 Å². The van der Waals surface area contributed by atoms with Crippen molar-refractivity contribution < 1.29 is 23.6 Å². The van der Waals surface area contributed by atoms with Gasteiger partial charge in [-0.15, -0.1) is 5.06 Å². The molecule has 0 spiro atoms. The highest BCUT2D eigenvalue weighted by Crippen LogP contribution is 2.42. The van der Waals surface area contributed by atoms with Crippen LogP contribution in [0.25, 0.3) is 33.4 Å². The molecule has 36 heavy (non-hydrogen) atoms. The van der Waals surface area contributed by atoms with Crippen LogP contribution in [-0.2, 0) is 14.4 Å². The average Bonchev–Trinajstić information content (AvgIpc) is 3.17. The summed E-state index contributed by atoms with van der Waals surface area (Å²) in [5, 5.41) is 2.27. The molecule has 1 saturated heterocycles. The average molecular weight is 483 g/mol. The molecule has 0 atom stereocenters. The molecule has 0 saturated carbocycles. The number of benzene rings is 3. The minimum Gasteiger partial charge on any atom is -0.456 e. The number of hydrogen-bond donors (Lipinski definition) is 0. The number of hydroxylamine groups is 2. The number of rotatable bonds is 4. The van der Waals surface area contributed by atoms with Gasteiger partial charge in [-0.2, -0.15) is 0 Å². The van der Waals surface area contributed by atoms with E-state index < -0.39 is 17.8 Å². The van der Waals surface area contributed by atoms with Crippen molar-refractivity contribution in [3.05, 3.63) is 76.1 Å². The zero-order valence-electron chi connectivity index (χ0n) is 20.7. The Morgan fingerprint density at radius 1 is 0.944 bits per heavy atom. The highest BCUT2D eigenvalue weighted by molar-refractivity contribution is 6.09. The Balaban J connectivity index is 1.79. The second kappa shape index (κ2) is 9.07. The third-order valence-corrected chi connectivity index (χ3v) is 6.58. The summed E-state index contributed by atoms with van der Waals surface area (Å²) in [4.78, 5) is 47.3. The van der Waals surface area contributed by atoms with Crippen molar-refractivity contribution in [1.82, 2.24) is 5.06 Å². The van der Waals surface area contributed by atoms with Crippen LogP contribution in [-0.4, -0.2) is 29.4 Å². The molecule has 0 unspecified atom stereocenters. The van der Waals surface area contributed by atoms with E-state index in [2.05, 4.69) is 11.1 Å². The van der Waals surface area contributed by atoms with Crippen LogP contribution >= 0.6 is 0 Å². The van der Waals surface area contributed by atoms with E-state index in [-0.39, 0.29) is 18.4 Å². The SMILES string of the molecule is CCN=c1cc2oc3cc(C)c(C)cc3c(-c3ccccc3C(=O)ON3C(=O)CCC3=O)c-2cc1C. The summed E-state index contributed by atoms with van der Waals surface area (Å²) in [6.07, 6.45) is 0.0680. The van der Waals surface area contributed by atoms with Gasteiger partial charge in [0.25, 0.3) is 11.8 Å². The van der Waals surface area contributed by atoms with E-state index in [0.29, 0.717) is 28.5 Å². The molecule has 1 fully saturated rings. The summed E-state index contributed by atoms with van der Waals surface area (Å²) in [6.45, 7) is 8.68. The first-order valence-corrected chi connectivity index (χ1v) is 11.9. The fraction of sp³-hybridized carbons (Fsp3) is 0.241. The Morgan fingerprint density at radius 3 is 2.36 bits per heavy atom. The lowest BCUT2D eigenvalue weighted by molar-refractivity contribution is -0.172. The largest absolute Gasteiger partial charge is 0.456 e. The molecular formula is C29H26N2O5. The quantitative estimate of drug-likeness (QED) is 0.292. The number of nitrogens with zero attached hydrogens (tertiary/aromatic N) is 2. The van der Waals surface area contributed by atoms with Gasteiger partial charge in [0.1, 0.15) is 11.3 Å². The van der Waals surface area contributed by atoms with Crippen LogP contribution in [0.15, 0.2) is 57.9 Å². The van der Waals surface area contributed by atoms with Crippen LogP contribution < -0.4 is 5.36 Å². The van der Waals surface area contributed by atoms with Crippen LogP contribution in [0, 0.1) is 20.8 Å². The van der Waals surface area contributed by atoms with E-state index in [0.717, 1.165) is 38.6 Å². The Labute approximate surface area is 208 Å². The van der Waals surface area contributed by atoms with Crippen molar-refractivity contribution in [2.45, 2.75) is 40.5 Å². The van der Waals surface area contributed by atoms with Gasteiger partial charge >= 0.3 is 5.97 Å². The number of aryl methyl sites for hydroxylation is 3. The fourth-order valence-corrected chi connectivity index (χ4v) is 4.59. The highest BCUT2D eigenvalue weighted by atomic mass is 16.7. The Bertz CT molecular complexity index is 1580. The van der Waals surface area contributed by atoms with Crippen molar-refractivity contribution in [2.75, 3.05) is 6.54 Å². The van der Waals surface area contributed by atoms with E-state index in [1.807, 2.05) is 58.0 Å². The van der Waals surface area contributed by atoms with E-state index in [4.69, 9.17) is 9.25 Å². The van der Waals surface area contributed by atoms with Gasteiger partial charge in [0.05, 0.1) is 10.9 Å². The number of fused-ring (bicyclic) bond motifs is 2. The third-order valence-electron chi connectivity index (χ3n) is 6.58. The summed E-state index contributed by atoms with van der Waals surface area (Å²) in [6, 6.07) is 15.0. The summed E-state index contributed by atoms with van der Waals surface area (Å²) in [7, 11) is 0. The van der Waals surface area contributed by atoms with Gasteiger partial charge in [-0.05, 0) is 74.2 Å². The van der Waals surface area contributed by atoms with Gasteiger partial charge in [0, 0.05) is 42.0 Å². The second-order valence-electron chi connectivity index (χ2n) is 9.03. The molecule has 2 aliphatic heterocycles. The number of hydrogen-bond acceptors (Lipinski definition) is 6. The van der Waals surface area contributed by atoms with Gasteiger partial charge in [-0.1, -0.05) is 18.2 Å². The number of carbonyl (C=O) groups is 3. The van der Waals surface area contributed by atoms with Crippen molar-refractivity contribution in [3.8, 4) is 22.5 Å². The summed E-state index contributed by atoms with van der Waals surface area (Å²) >= 11 is 0. The van der Waals surface area contributed by atoms with E-state index in [1.165, 1.54) is 0 Å². The van der Waals surface area contributed by atoms with Crippen molar-refractivity contribution in [1.29, 1.82) is 0 Å². The summed E-state index contributed by atoms with van der Waals surface area (Å²) in [5.41, 5.74) is 6.34. The lowest BCUT2D eigenvalue weighted by Gasteiger charge is -2.20.